The lowest BCUT2D eigenvalue weighted by atomic mass is 9.88. The van der Waals surface area contributed by atoms with Crippen LogP contribution < -0.4 is 0 Å². The molecule has 4 aromatic rings. The van der Waals surface area contributed by atoms with Crippen LogP contribution in [0.3, 0.4) is 0 Å². The maximum absolute atomic E-state index is 2.68. The first kappa shape index (κ1) is 20.6. The Bertz CT molecular complexity index is 1350. The Morgan fingerprint density at radius 2 is 1.27 bits per heavy atom. The summed E-state index contributed by atoms with van der Waals surface area (Å²) in [4.78, 5) is 2.68. The van der Waals surface area contributed by atoms with Crippen LogP contribution in [-0.4, -0.2) is 19.5 Å². The van der Waals surface area contributed by atoms with E-state index < -0.39 is 8.07 Å². The van der Waals surface area contributed by atoms with Crippen LogP contribution in [0.25, 0.3) is 32.7 Å². The Balaban J connectivity index is 1.52. The van der Waals surface area contributed by atoms with Gasteiger partial charge in [-0.3, -0.25) is 4.90 Å². The molecule has 1 heterocycles. The summed E-state index contributed by atoms with van der Waals surface area (Å²) < 4.78 is 0. The van der Waals surface area contributed by atoms with E-state index in [1.165, 1.54) is 43.8 Å². The minimum absolute atomic E-state index is 0.544. The molecule has 2 heteroatoms. The molecule has 0 aromatic heterocycles. The van der Waals surface area contributed by atoms with Crippen molar-refractivity contribution in [2.24, 2.45) is 5.92 Å². The fourth-order valence-corrected chi connectivity index (χ4v) is 7.81. The molecule has 33 heavy (non-hydrogen) atoms. The highest BCUT2D eigenvalue weighted by molar-refractivity contribution is 6.83. The van der Waals surface area contributed by atoms with Gasteiger partial charge >= 0.3 is 0 Å². The third kappa shape index (κ3) is 3.58. The van der Waals surface area contributed by atoms with Crippen molar-refractivity contribution >= 4 is 29.6 Å². The molecule has 0 spiro atoms. The smallest absolute Gasteiger partial charge is 0.0732 e. The average molecular weight is 446 g/mol. The molecule has 0 N–H and O–H groups in total. The van der Waals surface area contributed by atoms with Gasteiger partial charge in [-0.1, -0.05) is 116 Å². The zero-order chi connectivity index (χ0) is 22.6. The van der Waals surface area contributed by atoms with E-state index >= 15 is 0 Å². The Morgan fingerprint density at radius 3 is 1.82 bits per heavy atom. The van der Waals surface area contributed by atoms with Crippen LogP contribution in [0.5, 0.6) is 0 Å². The van der Waals surface area contributed by atoms with E-state index in [4.69, 9.17) is 0 Å². The number of hydrogen-bond donors (Lipinski definition) is 0. The first-order valence-corrected chi connectivity index (χ1v) is 15.6. The molecule has 0 amide bonds. The average Bonchev–Trinajstić information content (AvgIpc) is 3.21. The minimum Gasteiger partial charge on any atom is -0.294 e. The maximum Gasteiger partial charge on any atom is 0.0732 e. The Morgan fingerprint density at radius 1 is 0.727 bits per heavy atom. The Labute approximate surface area is 198 Å². The standard InChI is InChI=1S/C31H31NSi/c1-33(2,3)29-14-8-11-24(29)19-32-20-25-17-15-22-9-4-6-12-27(22)30(25)31-26(21-32)18-16-23-10-5-7-13-28(23)31/h4-18,24H,19-21H2,1-3H3. The van der Waals surface area contributed by atoms with Gasteiger partial charge in [-0.2, -0.15) is 0 Å². The summed E-state index contributed by atoms with van der Waals surface area (Å²) in [6, 6.07) is 27.2. The molecule has 164 valence electrons. The van der Waals surface area contributed by atoms with Gasteiger partial charge in [0.05, 0.1) is 8.07 Å². The van der Waals surface area contributed by atoms with E-state index in [9.17, 15) is 0 Å². The van der Waals surface area contributed by atoms with Crippen molar-refractivity contribution in [1.29, 1.82) is 0 Å². The van der Waals surface area contributed by atoms with E-state index in [2.05, 4.69) is 116 Å². The van der Waals surface area contributed by atoms with Gasteiger partial charge in [-0.05, 0) is 43.8 Å². The SMILES string of the molecule is C[Si](C)(C)C1=CC=CC1CN1Cc2ccc3ccccc3c2-c2c(ccc3ccccc23)C1. The number of benzene rings is 4. The zero-order valence-electron chi connectivity index (χ0n) is 19.8. The van der Waals surface area contributed by atoms with E-state index in [1.807, 2.05) is 0 Å². The van der Waals surface area contributed by atoms with Gasteiger partial charge in [0.1, 0.15) is 0 Å². The second-order valence-electron chi connectivity index (χ2n) is 10.7. The van der Waals surface area contributed by atoms with Gasteiger partial charge in [-0.15, -0.1) is 0 Å². The molecule has 0 bridgehead atoms. The first-order valence-electron chi connectivity index (χ1n) is 12.1. The topological polar surface area (TPSA) is 3.24 Å². The summed E-state index contributed by atoms with van der Waals surface area (Å²) in [5.74, 6) is 0.544. The van der Waals surface area contributed by atoms with Crippen molar-refractivity contribution < 1.29 is 0 Å². The summed E-state index contributed by atoms with van der Waals surface area (Å²) in [5.41, 5.74) is 5.77. The lowest BCUT2D eigenvalue weighted by Crippen LogP contribution is -2.34. The number of fused-ring (bicyclic) bond motifs is 7. The lowest BCUT2D eigenvalue weighted by molar-refractivity contribution is 0.246. The van der Waals surface area contributed by atoms with E-state index in [-0.39, 0.29) is 0 Å². The van der Waals surface area contributed by atoms with Crippen molar-refractivity contribution in [2.75, 3.05) is 6.54 Å². The number of allylic oxidation sites excluding steroid dienone is 2. The van der Waals surface area contributed by atoms with Crippen LogP contribution in [0, 0.1) is 5.92 Å². The van der Waals surface area contributed by atoms with Gasteiger partial charge in [0.2, 0.25) is 0 Å². The van der Waals surface area contributed by atoms with Crippen LogP contribution in [0.4, 0.5) is 0 Å². The number of hydrogen-bond acceptors (Lipinski definition) is 1. The highest BCUT2D eigenvalue weighted by Crippen LogP contribution is 2.42. The summed E-state index contributed by atoms with van der Waals surface area (Å²) in [5, 5.41) is 7.08. The molecule has 4 aromatic carbocycles. The van der Waals surface area contributed by atoms with Crippen LogP contribution in [0.2, 0.25) is 19.6 Å². The minimum atomic E-state index is -1.33. The van der Waals surface area contributed by atoms with Gasteiger partial charge in [0, 0.05) is 25.6 Å². The van der Waals surface area contributed by atoms with Crippen molar-refractivity contribution in [2.45, 2.75) is 32.7 Å². The molecule has 0 fully saturated rings. The molecular weight excluding hydrogens is 414 g/mol. The molecule has 6 rings (SSSR count). The molecule has 1 nitrogen and oxygen atoms in total. The number of nitrogens with zero attached hydrogens (tertiary/aromatic N) is 1. The zero-order valence-corrected chi connectivity index (χ0v) is 20.8. The molecular formula is C31H31NSi. The quantitative estimate of drug-likeness (QED) is 0.289. The fourth-order valence-electron chi connectivity index (χ4n) is 5.92. The van der Waals surface area contributed by atoms with E-state index in [1.54, 1.807) is 5.20 Å². The predicted octanol–water partition coefficient (Wildman–Crippen LogP) is 7.97. The first-order chi connectivity index (χ1) is 16.0. The highest BCUT2D eigenvalue weighted by atomic mass is 28.3. The molecule has 0 saturated carbocycles. The second-order valence-corrected chi connectivity index (χ2v) is 15.8. The van der Waals surface area contributed by atoms with Crippen LogP contribution in [-0.2, 0) is 13.1 Å². The van der Waals surface area contributed by atoms with E-state index in [0.29, 0.717) is 5.92 Å². The molecule has 2 aliphatic rings. The summed E-state index contributed by atoms with van der Waals surface area (Å²) in [7, 11) is -1.33. The van der Waals surface area contributed by atoms with E-state index in [0.717, 1.165) is 19.6 Å². The monoisotopic (exact) mass is 445 g/mol. The highest BCUT2D eigenvalue weighted by Gasteiger charge is 2.30. The maximum atomic E-state index is 2.68. The molecule has 1 aliphatic heterocycles. The Hall–Kier alpha value is -2.94. The van der Waals surface area contributed by atoms with Gasteiger partial charge in [0.25, 0.3) is 0 Å². The number of rotatable bonds is 3. The van der Waals surface area contributed by atoms with Crippen LogP contribution >= 0.6 is 0 Å². The molecule has 1 aliphatic carbocycles. The largest absolute Gasteiger partial charge is 0.294 e. The third-order valence-electron chi connectivity index (χ3n) is 7.41. The third-order valence-corrected chi connectivity index (χ3v) is 9.68. The summed E-state index contributed by atoms with van der Waals surface area (Å²) >= 11 is 0. The van der Waals surface area contributed by atoms with Crippen molar-refractivity contribution in [3.05, 3.63) is 107 Å². The van der Waals surface area contributed by atoms with Crippen molar-refractivity contribution in [1.82, 2.24) is 4.90 Å². The lowest BCUT2D eigenvalue weighted by Gasteiger charge is -2.30. The molecule has 0 radical (unpaired) electrons. The van der Waals surface area contributed by atoms with Gasteiger partial charge in [0.15, 0.2) is 0 Å². The molecule has 1 unspecified atom stereocenters. The van der Waals surface area contributed by atoms with Crippen molar-refractivity contribution in [3.8, 4) is 11.1 Å². The Kier molecular flexibility index (Phi) is 4.90. The van der Waals surface area contributed by atoms with Gasteiger partial charge < -0.3 is 0 Å². The molecule has 0 saturated heterocycles. The van der Waals surface area contributed by atoms with Gasteiger partial charge in [-0.25, -0.2) is 0 Å². The van der Waals surface area contributed by atoms with Crippen LogP contribution in [0.15, 0.2) is 96.2 Å². The predicted molar refractivity (Wildman–Crippen MR) is 145 cm³/mol. The normalized spacial score (nSPS) is 18.3. The fraction of sp³-hybridized carbons (Fsp3) is 0.226. The molecule has 1 atom stereocenters. The summed E-state index contributed by atoms with van der Waals surface area (Å²) in [6.07, 6.45) is 7.12. The van der Waals surface area contributed by atoms with Crippen molar-refractivity contribution in [3.63, 3.8) is 0 Å². The summed E-state index contributed by atoms with van der Waals surface area (Å²) in [6.45, 7) is 10.5. The second kappa shape index (κ2) is 7.83. The van der Waals surface area contributed by atoms with Crippen LogP contribution in [0.1, 0.15) is 11.1 Å².